The topological polar surface area (TPSA) is 198 Å². The first-order valence-electron chi connectivity index (χ1n) is 13.8. The number of rotatable bonds is 25. The number of aliphatic carboxylic acids is 3. The first-order chi connectivity index (χ1) is 17.9. The van der Waals surface area contributed by atoms with E-state index in [1.165, 1.54) is 57.8 Å². The van der Waals surface area contributed by atoms with Gasteiger partial charge in [0.05, 0.1) is 12.0 Å². The Bertz CT molecular complexity index is 822. The monoisotopic (exact) mass is 584 g/mol. The van der Waals surface area contributed by atoms with Crippen LogP contribution in [0, 0.1) is 0 Å². The van der Waals surface area contributed by atoms with Gasteiger partial charge in [0.25, 0.3) is 0 Å². The third-order valence-electron chi connectivity index (χ3n) is 6.52. The van der Waals surface area contributed by atoms with Crippen molar-refractivity contribution in [3.05, 3.63) is 0 Å². The molecule has 0 saturated carbocycles. The Kier molecular flexibility index (Phi) is 24.1. The van der Waals surface area contributed by atoms with Crippen molar-refractivity contribution in [3.8, 4) is 0 Å². The number of unbranched alkanes of at least 4 members (excludes halogenated alkanes) is 15. The van der Waals surface area contributed by atoms with Crippen molar-refractivity contribution in [1.82, 2.24) is 4.90 Å². The van der Waals surface area contributed by atoms with Gasteiger partial charge in [0.1, 0.15) is 15.4 Å². The van der Waals surface area contributed by atoms with Crippen LogP contribution in [0.5, 0.6) is 0 Å². The molecule has 0 aliphatic carbocycles. The fourth-order valence-electron chi connectivity index (χ4n) is 4.38. The molecule has 0 rings (SSSR count). The Morgan fingerprint density at radius 2 is 1.00 bits per heavy atom. The Morgan fingerprint density at radius 3 is 1.31 bits per heavy atom. The zero-order valence-corrected chi connectivity index (χ0v) is 26.3. The van der Waals surface area contributed by atoms with Gasteiger partial charge in [-0.15, -0.1) is 0 Å². The van der Waals surface area contributed by atoms with Crippen LogP contribution >= 0.6 is 0 Å². The summed E-state index contributed by atoms with van der Waals surface area (Å²) in [4.78, 5) is 46.4. The molecule has 0 fully saturated rings. The minimum atomic E-state index is -5.49. The molecular formula is C26H43NNaO10S-3. The quantitative estimate of drug-likeness (QED) is 0.0622. The molecule has 0 aromatic carbocycles. The maximum atomic E-state index is 12.7. The van der Waals surface area contributed by atoms with Crippen molar-refractivity contribution in [1.29, 1.82) is 0 Å². The Balaban J connectivity index is 0. The van der Waals surface area contributed by atoms with Crippen LogP contribution in [0.3, 0.4) is 0 Å². The average Bonchev–Trinajstić information content (AvgIpc) is 2.82. The van der Waals surface area contributed by atoms with Crippen LogP contribution in [0.4, 0.5) is 0 Å². The van der Waals surface area contributed by atoms with Crippen molar-refractivity contribution < 1.29 is 77.0 Å². The third-order valence-corrected chi connectivity index (χ3v) is 7.59. The largest absolute Gasteiger partial charge is 1.00 e. The van der Waals surface area contributed by atoms with Crippen molar-refractivity contribution in [3.63, 3.8) is 0 Å². The Hall–Kier alpha value is -1.21. The SMILES string of the molecule is CCCCCCCCCCCCCCCCCCN(C(=O)C(CC(=O)[O-])S(=O)(=O)[O-])[C@@H](CC(=O)[O-])C(=O)[O-].[Na+]. The number of hydrogen-bond donors (Lipinski definition) is 0. The maximum Gasteiger partial charge on any atom is 1.00 e. The molecule has 1 unspecified atom stereocenters. The van der Waals surface area contributed by atoms with E-state index in [1.54, 1.807) is 0 Å². The van der Waals surface area contributed by atoms with E-state index < -0.39 is 58.1 Å². The molecule has 13 heteroatoms. The van der Waals surface area contributed by atoms with Gasteiger partial charge < -0.3 is 39.2 Å². The standard InChI is InChI=1S/C26H47NO10S.Na/c1-2-3-4-5-6-7-8-9-10-11-12-13-14-15-16-17-18-27(21(26(33)34)19-23(28)29)25(32)22(20-24(30)31)38(35,36)37;/h21-22H,2-20H2,1H3,(H,28,29)(H,30,31)(H,33,34)(H,35,36,37);/q;+1/p-4/t21-,22?;/m0./s1. The van der Waals surface area contributed by atoms with E-state index >= 15 is 0 Å². The summed E-state index contributed by atoms with van der Waals surface area (Å²) < 4.78 is 34.4. The van der Waals surface area contributed by atoms with Crippen molar-refractivity contribution in [2.45, 2.75) is 134 Å². The molecule has 0 aromatic rings. The first-order valence-corrected chi connectivity index (χ1v) is 15.2. The molecule has 0 aliphatic rings. The number of amides is 1. The van der Waals surface area contributed by atoms with E-state index in [0.717, 1.165) is 32.1 Å². The maximum absolute atomic E-state index is 12.7. The van der Waals surface area contributed by atoms with E-state index in [1.807, 2.05) is 0 Å². The van der Waals surface area contributed by atoms with Gasteiger partial charge in [-0.3, -0.25) is 4.79 Å². The van der Waals surface area contributed by atoms with Crippen LogP contribution in [0.2, 0.25) is 0 Å². The van der Waals surface area contributed by atoms with Gasteiger partial charge in [-0.25, -0.2) is 8.42 Å². The predicted molar refractivity (Wildman–Crippen MR) is 133 cm³/mol. The molecular weight excluding hydrogens is 541 g/mol. The van der Waals surface area contributed by atoms with Gasteiger partial charge >= 0.3 is 29.6 Å². The molecule has 1 amide bonds. The van der Waals surface area contributed by atoms with Gasteiger partial charge in [-0.05, 0) is 6.42 Å². The van der Waals surface area contributed by atoms with Crippen molar-refractivity contribution in [2.75, 3.05) is 6.54 Å². The van der Waals surface area contributed by atoms with E-state index in [-0.39, 0.29) is 42.5 Å². The molecule has 2 atom stereocenters. The van der Waals surface area contributed by atoms with Gasteiger partial charge in [0, 0.05) is 31.3 Å². The molecule has 222 valence electrons. The zero-order chi connectivity index (χ0) is 29.0. The summed E-state index contributed by atoms with van der Waals surface area (Å²) in [6.45, 7) is 1.82. The van der Waals surface area contributed by atoms with Crippen LogP contribution < -0.4 is 44.9 Å². The average molecular weight is 585 g/mol. The minimum absolute atomic E-state index is 0. The molecule has 0 aromatic heterocycles. The van der Waals surface area contributed by atoms with Crippen LogP contribution in [0.25, 0.3) is 0 Å². The third kappa shape index (κ3) is 20.3. The van der Waals surface area contributed by atoms with Gasteiger partial charge in [-0.2, -0.15) is 0 Å². The Labute approximate surface area is 255 Å². The van der Waals surface area contributed by atoms with Crippen molar-refractivity contribution >= 4 is 33.9 Å². The molecule has 0 saturated heterocycles. The number of hydrogen-bond acceptors (Lipinski definition) is 10. The first kappa shape index (κ1) is 39.9. The summed E-state index contributed by atoms with van der Waals surface area (Å²) in [5.74, 6) is -7.45. The molecule has 11 nitrogen and oxygen atoms in total. The summed E-state index contributed by atoms with van der Waals surface area (Å²) in [5.41, 5.74) is 0. The number of carboxylic acid groups (broad SMARTS) is 3. The molecule has 0 aliphatic heterocycles. The smallest absolute Gasteiger partial charge is 0.747 e. The van der Waals surface area contributed by atoms with Gasteiger partial charge in [0.15, 0.2) is 0 Å². The fourth-order valence-corrected chi connectivity index (χ4v) is 5.10. The van der Waals surface area contributed by atoms with Crippen LogP contribution in [0.15, 0.2) is 0 Å². The van der Waals surface area contributed by atoms with Crippen LogP contribution in [0.1, 0.15) is 122 Å². The van der Waals surface area contributed by atoms with E-state index in [2.05, 4.69) is 6.92 Å². The minimum Gasteiger partial charge on any atom is -0.747 e. The van der Waals surface area contributed by atoms with Gasteiger partial charge in [0.2, 0.25) is 5.91 Å². The van der Waals surface area contributed by atoms with Gasteiger partial charge in [-0.1, -0.05) is 103 Å². The second-order valence-corrected chi connectivity index (χ2v) is 11.4. The summed E-state index contributed by atoms with van der Waals surface area (Å²) >= 11 is 0. The zero-order valence-electron chi connectivity index (χ0n) is 23.5. The second kappa shape index (κ2) is 23.5. The fraction of sp³-hybridized carbons (Fsp3) is 0.846. The van der Waals surface area contributed by atoms with E-state index in [4.69, 9.17) is 0 Å². The number of carbonyl (C=O) groups is 4. The van der Waals surface area contributed by atoms with E-state index in [9.17, 15) is 47.5 Å². The molecule has 0 heterocycles. The summed E-state index contributed by atoms with van der Waals surface area (Å²) in [6, 6.07) is -2.12. The predicted octanol–water partition coefficient (Wildman–Crippen LogP) is -2.61. The molecule has 0 spiro atoms. The van der Waals surface area contributed by atoms with Crippen LogP contribution in [-0.4, -0.2) is 59.5 Å². The molecule has 0 radical (unpaired) electrons. The van der Waals surface area contributed by atoms with Crippen LogP contribution in [-0.2, 0) is 29.3 Å². The number of nitrogens with zero attached hydrogens (tertiary/aromatic N) is 1. The molecule has 39 heavy (non-hydrogen) atoms. The van der Waals surface area contributed by atoms with Crippen molar-refractivity contribution in [2.24, 2.45) is 0 Å². The summed E-state index contributed by atoms with van der Waals surface area (Å²) in [5, 5.41) is 30.7. The number of carbonyl (C=O) groups excluding carboxylic acids is 4. The summed E-state index contributed by atoms with van der Waals surface area (Å²) in [7, 11) is -5.49. The Morgan fingerprint density at radius 1 is 0.641 bits per heavy atom. The normalized spacial score (nSPS) is 12.8. The molecule has 0 bridgehead atoms. The van der Waals surface area contributed by atoms with E-state index in [0.29, 0.717) is 11.3 Å². The molecule has 0 N–H and O–H groups in total. The second-order valence-electron chi connectivity index (χ2n) is 9.80. The summed E-state index contributed by atoms with van der Waals surface area (Å²) in [6.07, 6.45) is 14.5. The number of carboxylic acids is 3.